The third kappa shape index (κ3) is 2.57. The lowest BCUT2D eigenvalue weighted by atomic mass is 10.0. The van der Waals surface area contributed by atoms with Gasteiger partial charge in [0, 0.05) is 7.14 Å². The first-order valence-corrected chi connectivity index (χ1v) is 7.03. The molecule has 0 amide bonds. The standard InChI is InChI=1S/C13H10I2O/c14-11-8-4-7-10(12(11)15)13(16)9-5-2-1-3-6-9/h1-8,13,16H. The zero-order chi connectivity index (χ0) is 11.5. The Bertz CT molecular complexity index is 483. The van der Waals surface area contributed by atoms with Gasteiger partial charge in [-0.05, 0) is 62.4 Å². The summed E-state index contributed by atoms with van der Waals surface area (Å²) in [6.45, 7) is 0. The van der Waals surface area contributed by atoms with Gasteiger partial charge in [0.2, 0.25) is 0 Å². The van der Waals surface area contributed by atoms with Crippen LogP contribution in [0, 0.1) is 7.14 Å². The molecule has 0 saturated carbocycles. The molecular formula is C13H10I2O. The number of rotatable bonds is 2. The van der Waals surface area contributed by atoms with Crippen LogP contribution in [-0.2, 0) is 0 Å². The number of halogens is 2. The molecule has 1 N–H and O–H groups in total. The zero-order valence-corrected chi connectivity index (χ0v) is 12.7. The molecule has 0 aliphatic carbocycles. The van der Waals surface area contributed by atoms with Crippen LogP contribution in [0.25, 0.3) is 0 Å². The van der Waals surface area contributed by atoms with Gasteiger partial charge in [-0.3, -0.25) is 0 Å². The molecule has 2 aromatic carbocycles. The maximum Gasteiger partial charge on any atom is 0.105 e. The van der Waals surface area contributed by atoms with Crippen LogP contribution in [0.4, 0.5) is 0 Å². The van der Waals surface area contributed by atoms with E-state index in [1.165, 1.54) is 3.57 Å². The molecule has 0 radical (unpaired) electrons. The van der Waals surface area contributed by atoms with Gasteiger partial charge in [-0.15, -0.1) is 0 Å². The molecule has 0 heterocycles. The molecule has 1 unspecified atom stereocenters. The number of aliphatic hydroxyl groups is 1. The van der Waals surface area contributed by atoms with Crippen LogP contribution in [0.1, 0.15) is 17.2 Å². The highest BCUT2D eigenvalue weighted by atomic mass is 127. The molecule has 0 fully saturated rings. The van der Waals surface area contributed by atoms with Crippen molar-refractivity contribution in [1.82, 2.24) is 0 Å². The lowest BCUT2D eigenvalue weighted by Crippen LogP contribution is -2.02. The molecular weight excluding hydrogens is 426 g/mol. The van der Waals surface area contributed by atoms with E-state index < -0.39 is 6.10 Å². The summed E-state index contributed by atoms with van der Waals surface area (Å²) in [5.74, 6) is 0. The van der Waals surface area contributed by atoms with E-state index in [0.29, 0.717) is 0 Å². The number of aliphatic hydroxyl groups excluding tert-OH is 1. The quantitative estimate of drug-likeness (QED) is 0.707. The molecule has 1 nitrogen and oxygen atoms in total. The number of hydrogen-bond donors (Lipinski definition) is 1. The Hall–Kier alpha value is -0.140. The predicted octanol–water partition coefficient (Wildman–Crippen LogP) is 3.98. The van der Waals surface area contributed by atoms with E-state index in [4.69, 9.17) is 0 Å². The lowest BCUT2D eigenvalue weighted by molar-refractivity contribution is 0.219. The minimum absolute atomic E-state index is 0.539. The molecule has 1 atom stereocenters. The van der Waals surface area contributed by atoms with E-state index in [1.54, 1.807) is 0 Å². The monoisotopic (exact) mass is 436 g/mol. The first kappa shape index (κ1) is 12.3. The lowest BCUT2D eigenvalue weighted by Gasteiger charge is -2.14. The topological polar surface area (TPSA) is 20.2 Å². The molecule has 2 rings (SSSR count). The molecule has 0 bridgehead atoms. The summed E-state index contributed by atoms with van der Waals surface area (Å²) in [5.41, 5.74) is 1.90. The Balaban J connectivity index is 2.42. The van der Waals surface area contributed by atoms with Crippen LogP contribution in [0.2, 0.25) is 0 Å². The van der Waals surface area contributed by atoms with Crippen LogP contribution in [0.15, 0.2) is 48.5 Å². The predicted molar refractivity (Wildman–Crippen MR) is 82.4 cm³/mol. The average Bonchev–Trinajstić information content (AvgIpc) is 2.33. The summed E-state index contributed by atoms with van der Waals surface area (Å²) < 4.78 is 2.29. The van der Waals surface area contributed by atoms with Crippen molar-refractivity contribution in [2.75, 3.05) is 0 Å². The van der Waals surface area contributed by atoms with Gasteiger partial charge in [0.05, 0.1) is 0 Å². The van der Waals surface area contributed by atoms with Crippen LogP contribution in [-0.4, -0.2) is 5.11 Å². The zero-order valence-electron chi connectivity index (χ0n) is 8.40. The second-order valence-electron chi connectivity index (χ2n) is 3.46. The van der Waals surface area contributed by atoms with Crippen molar-refractivity contribution >= 4 is 45.2 Å². The average molecular weight is 436 g/mol. The van der Waals surface area contributed by atoms with Gasteiger partial charge < -0.3 is 5.11 Å². The number of benzene rings is 2. The SMILES string of the molecule is OC(c1ccccc1)c1cccc(I)c1I. The second kappa shape index (κ2) is 5.46. The minimum Gasteiger partial charge on any atom is -0.384 e. The van der Waals surface area contributed by atoms with Crippen molar-refractivity contribution in [2.24, 2.45) is 0 Å². The molecule has 16 heavy (non-hydrogen) atoms. The van der Waals surface area contributed by atoms with E-state index in [2.05, 4.69) is 45.2 Å². The summed E-state index contributed by atoms with van der Waals surface area (Å²) >= 11 is 4.56. The Morgan fingerprint density at radius 3 is 2.25 bits per heavy atom. The minimum atomic E-state index is -0.539. The maximum atomic E-state index is 10.3. The summed E-state index contributed by atoms with van der Waals surface area (Å²) in [6.07, 6.45) is -0.539. The van der Waals surface area contributed by atoms with E-state index in [1.807, 2.05) is 48.5 Å². The van der Waals surface area contributed by atoms with E-state index in [0.717, 1.165) is 14.7 Å². The highest BCUT2D eigenvalue weighted by Gasteiger charge is 2.14. The van der Waals surface area contributed by atoms with Crippen molar-refractivity contribution in [2.45, 2.75) is 6.10 Å². The van der Waals surface area contributed by atoms with Crippen LogP contribution in [0.3, 0.4) is 0 Å². The van der Waals surface area contributed by atoms with Crippen LogP contribution < -0.4 is 0 Å². The molecule has 0 spiro atoms. The molecule has 3 heteroatoms. The fourth-order valence-electron chi connectivity index (χ4n) is 1.55. The van der Waals surface area contributed by atoms with E-state index in [9.17, 15) is 5.11 Å². The summed E-state index contributed by atoms with van der Waals surface area (Å²) in [4.78, 5) is 0. The summed E-state index contributed by atoms with van der Waals surface area (Å²) in [7, 11) is 0. The van der Waals surface area contributed by atoms with E-state index in [-0.39, 0.29) is 0 Å². The van der Waals surface area contributed by atoms with Crippen molar-refractivity contribution in [1.29, 1.82) is 0 Å². The normalized spacial score (nSPS) is 12.4. The third-order valence-corrected chi connectivity index (χ3v) is 5.53. The Morgan fingerprint density at radius 2 is 1.56 bits per heavy atom. The first-order chi connectivity index (χ1) is 7.70. The van der Waals surface area contributed by atoms with Crippen molar-refractivity contribution in [3.63, 3.8) is 0 Å². The Labute approximate surface area is 122 Å². The van der Waals surface area contributed by atoms with Gasteiger partial charge in [-0.25, -0.2) is 0 Å². The van der Waals surface area contributed by atoms with Crippen molar-refractivity contribution in [3.8, 4) is 0 Å². The summed E-state index contributed by atoms with van der Waals surface area (Å²) in [5, 5.41) is 10.3. The van der Waals surface area contributed by atoms with Crippen LogP contribution >= 0.6 is 45.2 Å². The smallest absolute Gasteiger partial charge is 0.105 e. The molecule has 0 aromatic heterocycles. The second-order valence-corrected chi connectivity index (χ2v) is 5.70. The fourth-order valence-corrected chi connectivity index (χ4v) is 2.72. The van der Waals surface area contributed by atoms with Crippen molar-refractivity contribution < 1.29 is 5.11 Å². The van der Waals surface area contributed by atoms with E-state index >= 15 is 0 Å². The molecule has 0 aliphatic rings. The van der Waals surface area contributed by atoms with Gasteiger partial charge in [0.25, 0.3) is 0 Å². The highest BCUT2D eigenvalue weighted by Crippen LogP contribution is 2.28. The molecule has 82 valence electrons. The highest BCUT2D eigenvalue weighted by molar-refractivity contribution is 14.1. The van der Waals surface area contributed by atoms with Gasteiger partial charge in [-0.1, -0.05) is 42.5 Å². The Kier molecular flexibility index (Phi) is 4.21. The number of hydrogen-bond acceptors (Lipinski definition) is 1. The first-order valence-electron chi connectivity index (χ1n) is 4.87. The molecule has 0 aliphatic heterocycles. The van der Waals surface area contributed by atoms with Gasteiger partial charge in [0.1, 0.15) is 6.10 Å². The third-order valence-electron chi connectivity index (χ3n) is 2.39. The molecule has 2 aromatic rings. The van der Waals surface area contributed by atoms with Crippen LogP contribution in [0.5, 0.6) is 0 Å². The largest absolute Gasteiger partial charge is 0.384 e. The Morgan fingerprint density at radius 1 is 0.875 bits per heavy atom. The summed E-state index contributed by atoms with van der Waals surface area (Å²) in [6, 6.07) is 15.7. The maximum absolute atomic E-state index is 10.3. The van der Waals surface area contributed by atoms with Crippen molar-refractivity contribution in [3.05, 3.63) is 66.8 Å². The molecule has 0 saturated heterocycles. The van der Waals surface area contributed by atoms with Gasteiger partial charge >= 0.3 is 0 Å². The van der Waals surface area contributed by atoms with Gasteiger partial charge in [-0.2, -0.15) is 0 Å². The van der Waals surface area contributed by atoms with Gasteiger partial charge in [0.15, 0.2) is 0 Å². The fraction of sp³-hybridized carbons (Fsp3) is 0.0769.